The van der Waals surface area contributed by atoms with E-state index in [1.165, 1.54) is 22.7 Å². The second-order valence-electron chi connectivity index (χ2n) is 7.78. The smallest absolute Gasteiger partial charge is 0.150 e. The molecule has 0 amide bonds. The van der Waals surface area contributed by atoms with Crippen LogP contribution in [0, 0.1) is 22.7 Å². The van der Waals surface area contributed by atoms with E-state index in [0.717, 1.165) is 21.1 Å². The predicted octanol–water partition coefficient (Wildman–Crippen LogP) is 7.58. The Labute approximate surface area is 246 Å². The van der Waals surface area contributed by atoms with E-state index in [1.54, 1.807) is 61.4 Å². The molecule has 0 aliphatic rings. The highest BCUT2D eigenvalue weighted by molar-refractivity contribution is 7.19. The van der Waals surface area contributed by atoms with Crippen molar-refractivity contribution in [3.8, 4) is 54.4 Å². The number of nitriles is 2. The maximum atomic E-state index is 9.14. The molecule has 0 radical (unpaired) electrons. The SMILES string of the molecule is N#Cc1cccnc1-c1sc(-c2cccnc2)nc1Cl.N#Cc1cccnc1-c1sc(-c2cccnc2)nc1Cl. The van der Waals surface area contributed by atoms with Crippen molar-refractivity contribution in [3.05, 3.63) is 107 Å². The average molecular weight is 598 g/mol. The second kappa shape index (κ2) is 12.5. The Bertz CT molecular complexity index is 1720. The van der Waals surface area contributed by atoms with Crippen molar-refractivity contribution in [2.24, 2.45) is 0 Å². The Morgan fingerprint density at radius 2 is 1.02 bits per heavy atom. The van der Waals surface area contributed by atoms with Crippen LogP contribution in [-0.4, -0.2) is 29.9 Å². The minimum absolute atomic E-state index is 0.351. The summed E-state index contributed by atoms with van der Waals surface area (Å²) in [5, 5.41) is 20.5. The van der Waals surface area contributed by atoms with Gasteiger partial charge in [0.15, 0.2) is 0 Å². The first kappa shape index (κ1) is 27.0. The van der Waals surface area contributed by atoms with Gasteiger partial charge in [-0.15, -0.1) is 22.7 Å². The lowest BCUT2D eigenvalue weighted by atomic mass is 10.2. The van der Waals surface area contributed by atoms with Gasteiger partial charge in [-0.3, -0.25) is 19.9 Å². The standard InChI is InChI=1S/2C14H7ClN4S/c2*15-13-12(11-9(7-16)3-2-6-18-11)20-14(19-13)10-4-1-5-17-8-10/h2*1-6,8H. The summed E-state index contributed by atoms with van der Waals surface area (Å²) < 4.78 is 0. The van der Waals surface area contributed by atoms with Crippen molar-refractivity contribution in [2.75, 3.05) is 0 Å². The van der Waals surface area contributed by atoms with Gasteiger partial charge in [-0.2, -0.15) is 10.5 Å². The van der Waals surface area contributed by atoms with Gasteiger partial charge in [0.2, 0.25) is 0 Å². The summed E-state index contributed by atoms with van der Waals surface area (Å²) >= 11 is 15.2. The fourth-order valence-corrected chi connectivity index (χ4v) is 6.07. The highest BCUT2D eigenvalue weighted by Crippen LogP contribution is 2.39. The summed E-state index contributed by atoms with van der Waals surface area (Å²) in [6.07, 6.45) is 10.1. The number of halogens is 2. The third-order valence-electron chi connectivity index (χ3n) is 5.28. The number of hydrogen-bond acceptors (Lipinski definition) is 10. The second-order valence-corrected chi connectivity index (χ2v) is 10.5. The first-order valence-corrected chi connectivity index (χ1v) is 13.8. The fraction of sp³-hybridized carbons (Fsp3) is 0. The molecule has 0 aromatic carbocycles. The van der Waals surface area contributed by atoms with Crippen molar-refractivity contribution in [1.29, 1.82) is 10.5 Å². The van der Waals surface area contributed by atoms with Gasteiger partial charge in [0.05, 0.1) is 20.9 Å². The summed E-state index contributed by atoms with van der Waals surface area (Å²) in [6, 6.07) is 18.6. The predicted molar refractivity (Wildman–Crippen MR) is 157 cm³/mol. The molecular weight excluding hydrogens is 583 g/mol. The van der Waals surface area contributed by atoms with E-state index < -0.39 is 0 Å². The molecule has 0 saturated carbocycles. The van der Waals surface area contributed by atoms with Crippen LogP contribution in [0.25, 0.3) is 42.3 Å². The molecule has 6 heterocycles. The van der Waals surface area contributed by atoms with E-state index in [-0.39, 0.29) is 0 Å². The molecule has 0 fully saturated rings. The largest absolute Gasteiger partial charge is 0.264 e. The zero-order chi connectivity index (χ0) is 27.9. The summed E-state index contributed by atoms with van der Waals surface area (Å²) in [4.78, 5) is 26.6. The highest BCUT2D eigenvalue weighted by atomic mass is 35.5. The van der Waals surface area contributed by atoms with Crippen LogP contribution in [0.4, 0.5) is 0 Å². The molecule has 6 rings (SSSR count). The van der Waals surface area contributed by atoms with Crippen LogP contribution < -0.4 is 0 Å². The van der Waals surface area contributed by atoms with Crippen molar-refractivity contribution in [3.63, 3.8) is 0 Å². The number of rotatable bonds is 4. The van der Waals surface area contributed by atoms with Crippen molar-refractivity contribution in [1.82, 2.24) is 29.9 Å². The monoisotopic (exact) mass is 596 g/mol. The summed E-state index contributed by atoms with van der Waals surface area (Å²) in [5.74, 6) is 0. The quantitative estimate of drug-likeness (QED) is 0.204. The first-order valence-electron chi connectivity index (χ1n) is 11.4. The van der Waals surface area contributed by atoms with Crippen LogP contribution in [0.1, 0.15) is 11.1 Å². The molecule has 0 bridgehead atoms. The van der Waals surface area contributed by atoms with Crippen LogP contribution in [0.2, 0.25) is 10.3 Å². The number of hydrogen-bond donors (Lipinski definition) is 0. The molecule has 0 saturated heterocycles. The maximum Gasteiger partial charge on any atom is 0.150 e. The number of pyridine rings is 4. The van der Waals surface area contributed by atoms with E-state index in [2.05, 4.69) is 42.0 Å². The average Bonchev–Trinajstić information content (AvgIpc) is 3.60. The van der Waals surface area contributed by atoms with Gasteiger partial charge < -0.3 is 0 Å². The molecule has 0 aliphatic heterocycles. The van der Waals surface area contributed by atoms with Gasteiger partial charge >= 0.3 is 0 Å². The van der Waals surface area contributed by atoms with Crippen LogP contribution >= 0.6 is 45.9 Å². The zero-order valence-electron chi connectivity index (χ0n) is 20.2. The molecule has 0 N–H and O–H groups in total. The Kier molecular flexibility index (Phi) is 8.45. The van der Waals surface area contributed by atoms with E-state index in [4.69, 9.17) is 33.7 Å². The molecule has 192 valence electrons. The molecule has 8 nitrogen and oxygen atoms in total. The van der Waals surface area contributed by atoms with Crippen molar-refractivity contribution in [2.45, 2.75) is 0 Å². The van der Waals surface area contributed by atoms with Gasteiger partial charge in [0.1, 0.15) is 43.8 Å². The zero-order valence-corrected chi connectivity index (χ0v) is 23.4. The third-order valence-corrected chi connectivity index (χ3v) is 8.27. The Morgan fingerprint density at radius 3 is 1.40 bits per heavy atom. The first-order chi connectivity index (χ1) is 19.6. The molecular formula is C28H14Cl2N8S2. The Balaban J connectivity index is 0.000000161. The third kappa shape index (κ3) is 5.86. The molecule has 6 aromatic rings. The van der Waals surface area contributed by atoms with Gasteiger partial charge in [0.25, 0.3) is 0 Å². The normalized spacial score (nSPS) is 10.2. The molecule has 6 aromatic heterocycles. The van der Waals surface area contributed by atoms with Crippen LogP contribution in [0.3, 0.4) is 0 Å². The van der Waals surface area contributed by atoms with Crippen molar-refractivity contribution >= 4 is 45.9 Å². The molecule has 0 aliphatic carbocycles. The van der Waals surface area contributed by atoms with Crippen molar-refractivity contribution < 1.29 is 0 Å². The van der Waals surface area contributed by atoms with E-state index in [9.17, 15) is 0 Å². The molecule has 0 atom stereocenters. The maximum absolute atomic E-state index is 9.14. The summed E-state index contributed by atoms with van der Waals surface area (Å²) in [5.41, 5.74) is 3.87. The molecule has 12 heteroatoms. The van der Waals surface area contributed by atoms with Gasteiger partial charge in [-0.05, 0) is 48.5 Å². The van der Waals surface area contributed by atoms with E-state index >= 15 is 0 Å². The Hall–Kier alpha value is -4.58. The highest BCUT2D eigenvalue weighted by Gasteiger charge is 2.18. The van der Waals surface area contributed by atoms with Gasteiger partial charge in [0, 0.05) is 48.3 Å². The topological polar surface area (TPSA) is 125 Å². The van der Waals surface area contributed by atoms with Crippen LogP contribution in [0.5, 0.6) is 0 Å². The minimum atomic E-state index is 0.351. The lowest BCUT2D eigenvalue weighted by molar-refractivity contribution is 1.30. The van der Waals surface area contributed by atoms with Gasteiger partial charge in [-0.1, -0.05) is 23.2 Å². The molecule has 0 unspecified atom stereocenters. The number of aromatic nitrogens is 6. The summed E-state index contributed by atoms with van der Waals surface area (Å²) in [6.45, 7) is 0. The van der Waals surface area contributed by atoms with Crippen LogP contribution in [-0.2, 0) is 0 Å². The molecule has 40 heavy (non-hydrogen) atoms. The van der Waals surface area contributed by atoms with Gasteiger partial charge in [-0.25, -0.2) is 9.97 Å². The number of thiazole rings is 2. The van der Waals surface area contributed by atoms with Crippen LogP contribution in [0.15, 0.2) is 85.7 Å². The Morgan fingerprint density at radius 1 is 0.600 bits per heavy atom. The molecule has 0 spiro atoms. The van der Waals surface area contributed by atoms with E-state index in [0.29, 0.717) is 42.6 Å². The summed E-state index contributed by atoms with van der Waals surface area (Å²) in [7, 11) is 0. The lowest BCUT2D eigenvalue weighted by Gasteiger charge is -1.98. The lowest BCUT2D eigenvalue weighted by Crippen LogP contribution is -1.85. The number of nitrogens with zero attached hydrogens (tertiary/aromatic N) is 8. The van der Waals surface area contributed by atoms with E-state index in [1.807, 2.05) is 24.3 Å². The fourth-order valence-electron chi connectivity index (χ4n) is 3.47. The minimum Gasteiger partial charge on any atom is -0.264 e.